The topological polar surface area (TPSA) is 48.8 Å². The van der Waals surface area contributed by atoms with E-state index in [4.69, 9.17) is 4.74 Å². The normalized spacial score (nSPS) is 22.6. The van der Waals surface area contributed by atoms with Crippen LogP contribution in [-0.2, 0) is 0 Å². The highest BCUT2D eigenvalue weighted by Gasteiger charge is 2.33. The molecule has 1 aromatic rings. The Morgan fingerprint density at radius 3 is 3.00 bits per heavy atom. The van der Waals surface area contributed by atoms with Crippen LogP contribution in [0, 0.1) is 0 Å². The van der Waals surface area contributed by atoms with Crippen molar-refractivity contribution in [2.75, 3.05) is 38.7 Å². The van der Waals surface area contributed by atoms with E-state index in [2.05, 4.69) is 35.8 Å². The summed E-state index contributed by atoms with van der Waals surface area (Å²) in [4.78, 5) is 8.80. The Balaban J connectivity index is 2.19. The van der Waals surface area contributed by atoms with E-state index in [1.807, 2.05) is 12.1 Å². The Morgan fingerprint density at radius 2 is 2.30 bits per heavy atom. The number of aromatic nitrogens is 1. The summed E-state index contributed by atoms with van der Waals surface area (Å²) in [6.45, 7) is 4.30. The van der Waals surface area contributed by atoms with Gasteiger partial charge in [-0.2, -0.15) is 0 Å². The van der Waals surface area contributed by atoms with Gasteiger partial charge in [0.2, 0.25) is 0 Å². The van der Waals surface area contributed by atoms with E-state index in [-0.39, 0.29) is 12.1 Å². The van der Waals surface area contributed by atoms with Crippen molar-refractivity contribution in [2.24, 2.45) is 0 Å². The molecule has 2 rings (SSSR count). The Hall–Kier alpha value is -1.33. The van der Waals surface area contributed by atoms with Crippen LogP contribution in [0.2, 0.25) is 0 Å². The Morgan fingerprint density at radius 1 is 1.50 bits per heavy atom. The minimum atomic E-state index is -0.291. The summed E-state index contributed by atoms with van der Waals surface area (Å²) in [5.41, 5.74) is 0. The number of aliphatic hydroxyl groups excluding tert-OH is 1. The summed E-state index contributed by atoms with van der Waals surface area (Å²) in [6, 6.07) is 4.12. The van der Waals surface area contributed by atoms with Crippen LogP contribution in [0.5, 0.6) is 5.75 Å². The van der Waals surface area contributed by atoms with E-state index in [9.17, 15) is 5.11 Å². The number of hydrogen-bond acceptors (Lipinski definition) is 5. The maximum atomic E-state index is 9.98. The van der Waals surface area contributed by atoms with Crippen LogP contribution in [0.4, 0.5) is 5.82 Å². The lowest BCUT2D eigenvalue weighted by molar-refractivity contribution is 0.191. The van der Waals surface area contributed by atoms with Gasteiger partial charge in [-0.15, -0.1) is 0 Å². The summed E-state index contributed by atoms with van der Waals surface area (Å²) in [6.07, 6.45) is 3.24. The molecule has 5 heteroatoms. The fraction of sp³-hybridized carbons (Fsp3) is 0.667. The predicted octanol–water partition coefficient (Wildman–Crippen LogP) is 1.37. The zero-order valence-electron chi connectivity index (χ0n) is 12.6. The van der Waals surface area contributed by atoms with E-state index in [1.165, 1.54) is 0 Å². The van der Waals surface area contributed by atoms with Crippen molar-refractivity contribution >= 4 is 5.82 Å². The lowest BCUT2D eigenvalue weighted by atomic mass is 10.2. The molecule has 112 valence electrons. The second-order valence-corrected chi connectivity index (χ2v) is 5.63. The molecule has 2 heterocycles. The zero-order valence-corrected chi connectivity index (χ0v) is 12.6. The van der Waals surface area contributed by atoms with Gasteiger partial charge in [-0.3, -0.25) is 0 Å². The summed E-state index contributed by atoms with van der Waals surface area (Å²) in [5, 5.41) is 9.98. The van der Waals surface area contributed by atoms with E-state index < -0.39 is 0 Å². The molecule has 0 amide bonds. The summed E-state index contributed by atoms with van der Waals surface area (Å²) in [5.74, 6) is 1.66. The number of aliphatic hydroxyl groups is 1. The number of nitrogens with zero attached hydrogens (tertiary/aromatic N) is 3. The second-order valence-electron chi connectivity index (χ2n) is 5.63. The highest BCUT2D eigenvalue weighted by atomic mass is 16.5. The van der Waals surface area contributed by atoms with Crippen molar-refractivity contribution < 1.29 is 9.84 Å². The molecule has 1 N–H and O–H groups in total. The number of rotatable bonds is 6. The fourth-order valence-corrected chi connectivity index (χ4v) is 2.67. The molecular weight excluding hydrogens is 254 g/mol. The molecule has 0 saturated carbocycles. The van der Waals surface area contributed by atoms with Gasteiger partial charge < -0.3 is 19.6 Å². The molecule has 0 bridgehead atoms. The van der Waals surface area contributed by atoms with Crippen LogP contribution in [0.3, 0.4) is 0 Å². The van der Waals surface area contributed by atoms with Crippen molar-refractivity contribution in [3.05, 3.63) is 18.3 Å². The molecule has 0 aromatic carbocycles. The minimum Gasteiger partial charge on any atom is -0.490 e. The van der Waals surface area contributed by atoms with Gasteiger partial charge in [0.15, 0.2) is 11.6 Å². The van der Waals surface area contributed by atoms with E-state index in [1.54, 1.807) is 6.20 Å². The first-order valence-corrected chi connectivity index (χ1v) is 7.29. The molecule has 1 fully saturated rings. The number of hydrogen-bond donors (Lipinski definition) is 1. The fourth-order valence-electron chi connectivity index (χ4n) is 2.67. The van der Waals surface area contributed by atoms with E-state index in [0.29, 0.717) is 13.2 Å². The van der Waals surface area contributed by atoms with Crippen molar-refractivity contribution in [1.82, 2.24) is 9.88 Å². The van der Waals surface area contributed by atoms with Crippen LogP contribution in [0.25, 0.3) is 0 Å². The van der Waals surface area contributed by atoms with Gasteiger partial charge in [0.1, 0.15) is 0 Å². The molecule has 0 aliphatic carbocycles. The smallest absolute Gasteiger partial charge is 0.171 e. The summed E-state index contributed by atoms with van der Waals surface area (Å²) < 4.78 is 5.79. The third-order valence-corrected chi connectivity index (χ3v) is 3.45. The Bertz CT molecular complexity index is 425. The van der Waals surface area contributed by atoms with Gasteiger partial charge in [-0.25, -0.2) is 4.98 Å². The van der Waals surface area contributed by atoms with Crippen molar-refractivity contribution in [2.45, 2.75) is 31.9 Å². The predicted molar refractivity (Wildman–Crippen MR) is 80.3 cm³/mol. The SMILES string of the molecule is CCCOc1cccnc1N1CC(O)CC1CN(C)C. The highest BCUT2D eigenvalue weighted by molar-refractivity contribution is 5.54. The maximum absolute atomic E-state index is 9.98. The number of ether oxygens (including phenoxy) is 1. The number of pyridine rings is 1. The first-order valence-electron chi connectivity index (χ1n) is 7.29. The molecular formula is C15H25N3O2. The lowest BCUT2D eigenvalue weighted by Crippen LogP contribution is -2.38. The third kappa shape index (κ3) is 3.61. The minimum absolute atomic E-state index is 0.277. The summed E-state index contributed by atoms with van der Waals surface area (Å²) in [7, 11) is 4.10. The van der Waals surface area contributed by atoms with Crippen LogP contribution in [-0.4, -0.2) is 60.9 Å². The molecule has 1 aromatic heterocycles. The van der Waals surface area contributed by atoms with Crippen LogP contribution in [0.1, 0.15) is 19.8 Å². The molecule has 0 radical (unpaired) electrons. The van der Waals surface area contributed by atoms with Gasteiger partial charge in [-0.05, 0) is 39.1 Å². The highest BCUT2D eigenvalue weighted by Crippen LogP contribution is 2.31. The first-order chi connectivity index (χ1) is 9.61. The number of likely N-dealkylation sites (N-methyl/N-ethyl adjacent to an activating group) is 1. The largest absolute Gasteiger partial charge is 0.490 e. The van der Waals surface area contributed by atoms with Gasteiger partial charge in [0.25, 0.3) is 0 Å². The van der Waals surface area contributed by atoms with Crippen LogP contribution >= 0.6 is 0 Å². The van der Waals surface area contributed by atoms with E-state index >= 15 is 0 Å². The number of anilines is 1. The average Bonchev–Trinajstić information content (AvgIpc) is 2.76. The molecule has 1 aliphatic heterocycles. The zero-order chi connectivity index (χ0) is 14.5. The monoisotopic (exact) mass is 279 g/mol. The van der Waals surface area contributed by atoms with Crippen molar-refractivity contribution in [3.8, 4) is 5.75 Å². The molecule has 20 heavy (non-hydrogen) atoms. The summed E-state index contributed by atoms with van der Waals surface area (Å²) >= 11 is 0. The molecule has 1 aliphatic rings. The Labute approximate surface area is 121 Å². The van der Waals surface area contributed by atoms with Crippen molar-refractivity contribution in [3.63, 3.8) is 0 Å². The average molecular weight is 279 g/mol. The molecule has 5 nitrogen and oxygen atoms in total. The van der Waals surface area contributed by atoms with Crippen LogP contribution < -0.4 is 9.64 Å². The number of β-amino-alcohol motifs (C(OH)–C–C–N with tert-alkyl or cyclic N) is 1. The molecule has 0 spiro atoms. The molecule has 2 atom stereocenters. The first kappa shape index (κ1) is 15.1. The lowest BCUT2D eigenvalue weighted by Gasteiger charge is -2.28. The quantitative estimate of drug-likeness (QED) is 0.852. The standard InChI is InChI=1S/C15H25N3O2/c1-4-8-20-14-6-5-7-16-15(14)18-11-13(19)9-12(18)10-17(2)3/h5-7,12-13,19H,4,8-11H2,1-3H3. The Kier molecular flexibility index (Phi) is 5.20. The second kappa shape index (κ2) is 6.90. The van der Waals surface area contributed by atoms with Crippen molar-refractivity contribution in [1.29, 1.82) is 0 Å². The van der Waals surface area contributed by atoms with Gasteiger partial charge in [-0.1, -0.05) is 6.92 Å². The third-order valence-electron chi connectivity index (χ3n) is 3.45. The van der Waals surface area contributed by atoms with Gasteiger partial charge >= 0.3 is 0 Å². The molecule has 2 unspecified atom stereocenters. The van der Waals surface area contributed by atoms with Gasteiger partial charge in [0.05, 0.1) is 12.7 Å². The van der Waals surface area contributed by atoms with E-state index in [0.717, 1.165) is 31.0 Å². The molecule has 1 saturated heterocycles. The van der Waals surface area contributed by atoms with Gasteiger partial charge in [0, 0.05) is 25.3 Å². The maximum Gasteiger partial charge on any atom is 0.171 e. The van der Waals surface area contributed by atoms with Crippen LogP contribution in [0.15, 0.2) is 18.3 Å².